The zero-order valence-corrected chi connectivity index (χ0v) is 10.0. The van der Waals surface area contributed by atoms with Gasteiger partial charge < -0.3 is 15.8 Å². The first kappa shape index (κ1) is 11.4. The van der Waals surface area contributed by atoms with Crippen molar-refractivity contribution in [2.24, 2.45) is 11.1 Å². The topological polar surface area (TPSA) is 47.3 Å². The number of hydrogen-bond donors (Lipinski definition) is 2. The van der Waals surface area contributed by atoms with Gasteiger partial charge in [-0.3, -0.25) is 0 Å². The molecule has 0 aliphatic carbocycles. The molecule has 16 heavy (non-hydrogen) atoms. The fourth-order valence-corrected chi connectivity index (χ4v) is 1.89. The fraction of sp³-hybridized carbons (Fsp3) is 0.538. The van der Waals surface area contributed by atoms with Crippen LogP contribution in [0.15, 0.2) is 18.2 Å². The Morgan fingerprint density at radius 2 is 2.12 bits per heavy atom. The van der Waals surface area contributed by atoms with Gasteiger partial charge in [-0.1, -0.05) is 12.1 Å². The van der Waals surface area contributed by atoms with Crippen molar-refractivity contribution in [1.82, 2.24) is 0 Å². The lowest BCUT2D eigenvalue weighted by Gasteiger charge is -2.40. The van der Waals surface area contributed by atoms with Gasteiger partial charge in [0.25, 0.3) is 0 Å². The maximum Gasteiger partial charge on any atom is 0.0574 e. The third-order valence-corrected chi connectivity index (χ3v) is 3.30. The predicted octanol–water partition coefficient (Wildman–Crippen LogP) is 1.69. The van der Waals surface area contributed by atoms with Gasteiger partial charge in [-0.2, -0.15) is 0 Å². The van der Waals surface area contributed by atoms with E-state index in [0.717, 1.165) is 19.8 Å². The summed E-state index contributed by atoms with van der Waals surface area (Å²) in [5.41, 5.74) is 9.69. The summed E-state index contributed by atoms with van der Waals surface area (Å²) in [6, 6.07) is 6.45. The minimum atomic E-state index is 0.149. The number of hydrogen-bond acceptors (Lipinski definition) is 3. The molecule has 88 valence electrons. The van der Waals surface area contributed by atoms with Gasteiger partial charge in [0.1, 0.15) is 0 Å². The van der Waals surface area contributed by atoms with Crippen LogP contribution in [0.5, 0.6) is 0 Å². The van der Waals surface area contributed by atoms with Crippen molar-refractivity contribution < 1.29 is 4.74 Å². The summed E-state index contributed by atoms with van der Waals surface area (Å²) in [5.74, 6) is 0. The Bertz CT molecular complexity index is 367. The van der Waals surface area contributed by atoms with Crippen molar-refractivity contribution in [3.05, 3.63) is 29.3 Å². The van der Waals surface area contributed by atoms with Crippen LogP contribution in [-0.2, 0) is 4.74 Å². The highest BCUT2D eigenvalue weighted by molar-refractivity contribution is 5.52. The van der Waals surface area contributed by atoms with E-state index in [2.05, 4.69) is 37.4 Å². The minimum Gasteiger partial charge on any atom is -0.384 e. The average Bonchev–Trinajstić information content (AvgIpc) is 2.22. The van der Waals surface area contributed by atoms with Crippen LogP contribution < -0.4 is 11.1 Å². The first-order chi connectivity index (χ1) is 7.65. The van der Waals surface area contributed by atoms with Gasteiger partial charge in [0, 0.05) is 24.2 Å². The molecule has 0 amide bonds. The maximum atomic E-state index is 5.78. The van der Waals surface area contributed by atoms with E-state index in [1.165, 1.54) is 16.8 Å². The van der Waals surface area contributed by atoms with Crippen LogP contribution in [0.25, 0.3) is 0 Å². The lowest BCUT2D eigenvalue weighted by atomic mass is 9.86. The molecule has 3 N–H and O–H groups in total. The smallest absolute Gasteiger partial charge is 0.0574 e. The van der Waals surface area contributed by atoms with Gasteiger partial charge in [0.05, 0.1) is 13.2 Å². The molecule has 0 unspecified atom stereocenters. The Balaban J connectivity index is 2.01. The second kappa shape index (κ2) is 4.44. The summed E-state index contributed by atoms with van der Waals surface area (Å²) in [7, 11) is 0. The van der Waals surface area contributed by atoms with E-state index >= 15 is 0 Å². The molecule has 0 bridgehead atoms. The van der Waals surface area contributed by atoms with Crippen LogP contribution in [-0.4, -0.2) is 26.3 Å². The number of rotatable bonds is 4. The van der Waals surface area contributed by atoms with E-state index < -0.39 is 0 Å². The molecule has 1 fully saturated rings. The molecule has 0 radical (unpaired) electrons. The molecule has 0 spiro atoms. The number of benzene rings is 1. The van der Waals surface area contributed by atoms with Crippen LogP contribution >= 0.6 is 0 Å². The monoisotopic (exact) mass is 220 g/mol. The molecular formula is C13H20N2O. The van der Waals surface area contributed by atoms with Crippen molar-refractivity contribution >= 4 is 5.69 Å². The third-order valence-electron chi connectivity index (χ3n) is 3.30. The molecule has 1 aliphatic heterocycles. The molecule has 1 aliphatic rings. The van der Waals surface area contributed by atoms with Crippen molar-refractivity contribution in [2.45, 2.75) is 13.8 Å². The summed E-state index contributed by atoms with van der Waals surface area (Å²) >= 11 is 0. The van der Waals surface area contributed by atoms with Crippen molar-refractivity contribution in [1.29, 1.82) is 0 Å². The Hall–Kier alpha value is -1.06. The quantitative estimate of drug-likeness (QED) is 0.811. The summed E-state index contributed by atoms with van der Waals surface area (Å²) in [6.45, 7) is 7.37. The van der Waals surface area contributed by atoms with Gasteiger partial charge in [0.15, 0.2) is 0 Å². The predicted molar refractivity (Wildman–Crippen MR) is 66.7 cm³/mol. The molecule has 1 aromatic carbocycles. The lowest BCUT2D eigenvalue weighted by Crippen LogP contribution is -2.52. The number of anilines is 1. The first-order valence-corrected chi connectivity index (χ1v) is 5.74. The molecule has 2 rings (SSSR count). The molecule has 0 aromatic heterocycles. The Morgan fingerprint density at radius 1 is 1.38 bits per heavy atom. The number of nitrogens with two attached hydrogens (primary N) is 1. The molecule has 0 saturated carbocycles. The highest BCUT2D eigenvalue weighted by Gasteiger charge is 2.36. The summed E-state index contributed by atoms with van der Waals surface area (Å²) in [5, 5.41) is 3.49. The van der Waals surface area contributed by atoms with Crippen molar-refractivity contribution in [3.63, 3.8) is 0 Å². The van der Waals surface area contributed by atoms with E-state index in [9.17, 15) is 0 Å². The molecule has 3 heteroatoms. The number of ether oxygens (including phenoxy) is 1. The van der Waals surface area contributed by atoms with E-state index in [0.29, 0.717) is 6.54 Å². The molecule has 1 heterocycles. The number of nitrogens with one attached hydrogen (secondary N) is 1. The maximum absolute atomic E-state index is 5.78. The van der Waals surface area contributed by atoms with E-state index in [1.807, 2.05) is 0 Å². The number of aryl methyl sites for hydroxylation is 2. The summed E-state index contributed by atoms with van der Waals surface area (Å²) in [4.78, 5) is 0. The molecule has 3 nitrogen and oxygen atoms in total. The van der Waals surface area contributed by atoms with Gasteiger partial charge in [0.2, 0.25) is 0 Å². The van der Waals surface area contributed by atoms with Crippen LogP contribution in [0.4, 0.5) is 5.69 Å². The molecule has 1 saturated heterocycles. The second-order valence-corrected chi connectivity index (χ2v) is 4.87. The van der Waals surface area contributed by atoms with Crippen LogP contribution in [0.3, 0.4) is 0 Å². The standard InChI is InChI=1S/C13H20N2O/c1-10-3-4-11(2)12(5-10)15-7-13(6-14)8-16-9-13/h3-5,15H,6-9,14H2,1-2H3. The summed E-state index contributed by atoms with van der Waals surface area (Å²) in [6.07, 6.45) is 0. The van der Waals surface area contributed by atoms with Gasteiger partial charge >= 0.3 is 0 Å². The van der Waals surface area contributed by atoms with E-state index in [-0.39, 0.29) is 5.41 Å². The molecular weight excluding hydrogens is 200 g/mol. The Labute approximate surface area is 97.0 Å². The normalized spacial score (nSPS) is 17.9. The van der Waals surface area contributed by atoms with Crippen LogP contribution in [0.2, 0.25) is 0 Å². The van der Waals surface area contributed by atoms with E-state index in [1.54, 1.807) is 0 Å². The second-order valence-electron chi connectivity index (χ2n) is 4.87. The zero-order chi connectivity index (χ0) is 11.6. The van der Waals surface area contributed by atoms with Crippen LogP contribution in [0.1, 0.15) is 11.1 Å². The van der Waals surface area contributed by atoms with E-state index in [4.69, 9.17) is 10.5 Å². The fourth-order valence-electron chi connectivity index (χ4n) is 1.89. The Morgan fingerprint density at radius 3 is 2.69 bits per heavy atom. The van der Waals surface area contributed by atoms with Gasteiger partial charge in [-0.25, -0.2) is 0 Å². The minimum absolute atomic E-state index is 0.149. The third kappa shape index (κ3) is 2.20. The van der Waals surface area contributed by atoms with Gasteiger partial charge in [-0.05, 0) is 31.0 Å². The SMILES string of the molecule is Cc1ccc(C)c(NCC2(CN)COC2)c1. The Kier molecular flexibility index (Phi) is 3.17. The molecule has 0 atom stereocenters. The zero-order valence-electron chi connectivity index (χ0n) is 10.0. The van der Waals surface area contributed by atoms with Crippen molar-refractivity contribution in [3.8, 4) is 0 Å². The van der Waals surface area contributed by atoms with Crippen molar-refractivity contribution in [2.75, 3.05) is 31.6 Å². The highest BCUT2D eigenvalue weighted by atomic mass is 16.5. The average molecular weight is 220 g/mol. The molecule has 1 aromatic rings. The first-order valence-electron chi connectivity index (χ1n) is 5.74. The lowest BCUT2D eigenvalue weighted by molar-refractivity contribution is -0.0979. The largest absolute Gasteiger partial charge is 0.384 e. The van der Waals surface area contributed by atoms with Gasteiger partial charge in [-0.15, -0.1) is 0 Å². The summed E-state index contributed by atoms with van der Waals surface area (Å²) < 4.78 is 5.25. The highest BCUT2D eigenvalue weighted by Crippen LogP contribution is 2.27. The van der Waals surface area contributed by atoms with Crippen LogP contribution in [0, 0.1) is 19.3 Å².